The molecule has 0 bridgehead atoms. The first kappa shape index (κ1) is 12.3. The molecule has 1 aromatic carbocycles. The average molecular weight is 241 g/mol. The largest absolute Gasteiger partial charge is 0.324 e. The molecule has 1 heterocycles. The number of benzene rings is 1. The number of hydrogen-bond donors (Lipinski definition) is 2. The van der Waals surface area contributed by atoms with E-state index in [1.165, 1.54) is 0 Å². The van der Waals surface area contributed by atoms with E-state index >= 15 is 0 Å². The molecular formula is C14H15N3O. The quantitative estimate of drug-likeness (QED) is 0.839. The Kier molecular flexibility index (Phi) is 4.44. The molecule has 0 saturated carbocycles. The Morgan fingerprint density at radius 2 is 1.94 bits per heavy atom. The maximum atomic E-state index is 11.6. The molecule has 2 N–H and O–H groups in total. The molecule has 92 valence electrons. The number of nitrogens with zero attached hydrogens (tertiary/aromatic N) is 1. The fourth-order valence-electron chi connectivity index (χ4n) is 1.56. The molecule has 2 aromatic rings. The number of pyridine rings is 1. The van der Waals surface area contributed by atoms with E-state index in [4.69, 9.17) is 0 Å². The molecule has 0 fully saturated rings. The zero-order valence-corrected chi connectivity index (χ0v) is 9.97. The van der Waals surface area contributed by atoms with E-state index in [1.807, 2.05) is 36.4 Å². The molecule has 0 spiro atoms. The van der Waals surface area contributed by atoms with Gasteiger partial charge >= 0.3 is 0 Å². The van der Waals surface area contributed by atoms with Crippen molar-refractivity contribution in [2.45, 2.75) is 6.54 Å². The minimum absolute atomic E-state index is 0.0704. The van der Waals surface area contributed by atoms with Gasteiger partial charge in [0.25, 0.3) is 0 Å². The molecule has 0 atom stereocenters. The minimum atomic E-state index is -0.0704. The van der Waals surface area contributed by atoms with Gasteiger partial charge in [0.2, 0.25) is 5.91 Å². The number of amides is 1. The molecule has 2 rings (SSSR count). The fourth-order valence-corrected chi connectivity index (χ4v) is 1.56. The number of anilines is 1. The number of carbonyl (C=O) groups is 1. The van der Waals surface area contributed by atoms with Crippen molar-refractivity contribution >= 4 is 11.6 Å². The Morgan fingerprint density at radius 1 is 1.11 bits per heavy atom. The van der Waals surface area contributed by atoms with Gasteiger partial charge in [0.15, 0.2) is 0 Å². The van der Waals surface area contributed by atoms with Gasteiger partial charge in [-0.3, -0.25) is 9.78 Å². The van der Waals surface area contributed by atoms with Crippen LogP contribution in [0, 0.1) is 0 Å². The van der Waals surface area contributed by atoms with Crippen LogP contribution in [0.1, 0.15) is 5.56 Å². The van der Waals surface area contributed by atoms with Crippen molar-refractivity contribution in [1.82, 2.24) is 10.3 Å². The van der Waals surface area contributed by atoms with Crippen molar-refractivity contribution in [3.05, 3.63) is 60.4 Å². The summed E-state index contributed by atoms with van der Waals surface area (Å²) in [5.74, 6) is -0.0704. The second kappa shape index (κ2) is 6.51. The molecule has 1 aromatic heterocycles. The predicted octanol–water partition coefficient (Wildman–Crippen LogP) is 1.81. The van der Waals surface area contributed by atoms with E-state index in [0.717, 1.165) is 5.56 Å². The number of aromatic nitrogens is 1. The molecule has 1 amide bonds. The Morgan fingerprint density at radius 3 is 2.67 bits per heavy atom. The molecule has 0 aliphatic heterocycles. The third-order valence-electron chi connectivity index (χ3n) is 2.40. The fraction of sp³-hybridized carbons (Fsp3) is 0.143. The Balaban J connectivity index is 1.73. The van der Waals surface area contributed by atoms with Gasteiger partial charge < -0.3 is 10.6 Å². The van der Waals surface area contributed by atoms with Gasteiger partial charge in [-0.05, 0) is 17.7 Å². The molecule has 0 aliphatic rings. The van der Waals surface area contributed by atoms with Gasteiger partial charge in [-0.1, -0.05) is 30.3 Å². The molecule has 0 radical (unpaired) electrons. The van der Waals surface area contributed by atoms with Gasteiger partial charge in [-0.2, -0.15) is 0 Å². The summed E-state index contributed by atoms with van der Waals surface area (Å²) in [6.45, 7) is 0.963. The molecule has 4 nitrogen and oxygen atoms in total. The Bertz CT molecular complexity index is 485. The zero-order chi connectivity index (χ0) is 12.6. The summed E-state index contributed by atoms with van der Waals surface area (Å²) in [5, 5.41) is 5.85. The van der Waals surface area contributed by atoms with Crippen molar-refractivity contribution in [3.8, 4) is 0 Å². The Labute approximate surface area is 106 Å². The van der Waals surface area contributed by atoms with Gasteiger partial charge in [-0.25, -0.2) is 0 Å². The monoisotopic (exact) mass is 241 g/mol. The summed E-state index contributed by atoms with van der Waals surface area (Å²) in [6, 6.07) is 13.6. The van der Waals surface area contributed by atoms with Crippen LogP contribution < -0.4 is 10.6 Å². The van der Waals surface area contributed by atoms with E-state index in [9.17, 15) is 4.79 Å². The normalized spacial score (nSPS) is 10.0. The standard InChI is InChI=1S/C14H15N3O/c18-14(17-13-7-4-8-15-10-13)11-16-9-12-5-2-1-3-6-12/h1-8,10,16H,9,11H2,(H,17,18). The number of rotatable bonds is 5. The number of nitrogens with one attached hydrogen (secondary N) is 2. The number of carbonyl (C=O) groups excluding carboxylic acids is 1. The van der Waals surface area contributed by atoms with Crippen molar-refractivity contribution in [2.75, 3.05) is 11.9 Å². The summed E-state index contributed by atoms with van der Waals surface area (Å²) in [7, 11) is 0. The molecular weight excluding hydrogens is 226 g/mol. The second-order valence-electron chi connectivity index (χ2n) is 3.88. The van der Waals surface area contributed by atoms with E-state index in [1.54, 1.807) is 18.5 Å². The van der Waals surface area contributed by atoms with E-state index in [-0.39, 0.29) is 12.5 Å². The van der Waals surface area contributed by atoms with Gasteiger partial charge in [-0.15, -0.1) is 0 Å². The molecule has 0 saturated heterocycles. The van der Waals surface area contributed by atoms with E-state index < -0.39 is 0 Å². The topological polar surface area (TPSA) is 54.0 Å². The minimum Gasteiger partial charge on any atom is -0.324 e. The van der Waals surface area contributed by atoms with Crippen molar-refractivity contribution in [3.63, 3.8) is 0 Å². The van der Waals surface area contributed by atoms with E-state index in [0.29, 0.717) is 12.2 Å². The van der Waals surface area contributed by atoms with Crippen LogP contribution in [0.15, 0.2) is 54.9 Å². The first-order valence-electron chi connectivity index (χ1n) is 5.79. The lowest BCUT2D eigenvalue weighted by Gasteiger charge is -2.06. The summed E-state index contributed by atoms with van der Waals surface area (Å²) >= 11 is 0. The number of hydrogen-bond acceptors (Lipinski definition) is 3. The van der Waals surface area contributed by atoms with Crippen LogP contribution in [0.4, 0.5) is 5.69 Å². The highest BCUT2D eigenvalue weighted by atomic mass is 16.1. The van der Waals surface area contributed by atoms with Crippen LogP contribution in [0.2, 0.25) is 0 Å². The maximum absolute atomic E-state index is 11.6. The summed E-state index contributed by atoms with van der Waals surface area (Å²) in [5.41, 5.74) is 1.87. The van der Waals surface area contributed by atoms with Crippen LogP contribution in [-0.4, -0.2) is 17.4 Å². The van der Waals surface area contributed by atoms with Crippen LogP contribution in [0.3, 0.4) is 0 Å². The van der Waals surface area contributed by atoms with Crippen molar-refractivity contribution < 1.29 is 4.79 Å². The lowest BCUT2D eigenvalue weighted by Crippen LogP contribution is -2.27. The van der Waals surface area contributed by atoms with Crippen molar-refractivity contribution in [2.24, 2.45) is 0 Å². The molecule has 0 unspecified atom stereocenters. The van der Waals surface area contributed by atoms with Crippen molar-refractivity contribution in [1.29, 1.82) is 0 Å². The van der Waals surface area contributed by atoms with Crippen LogP contribution in [0.25, 0.3) is 0 Å². The highest BCUT2D eigenvalue weighted by Crippen LogP contribution is 2.01. The van der Waals surface area contributed by atoms with Crippen LogP contribution in [0.5, 0.6) is 0 Å². The van der Waals surface area contributed by atoms with Crippen LogP contribution in [-0.2, 0) is 11.3 Å². The zero-order valence-electron chi connectivity index (χ0n) is 9.97. The van der Waals surface area contributed by atoms with Gasteiger partial charge in [0.1, 0.15) is 0 Å². The lowest BCUT2D eigenvalue weighted by molar-refractivity contribution is -0.115. The summed E-state index contributed by atoms with van der Waals surface area (Å²) in [6.07, 6.45) is 3.29. The predicted molar refractivity (Wildman–Crippen MR) is 71.0 cm³/mol. The molecule has 4 heteroatoms. The second-order valence-corrected chi connectivity index (χ2v) is 3.88. The van der Waals surface area contributed by atoms with E-state index in [2.05, 4.69) is 15.6 Å². The highest BCUT2D eigenvalue weighted by Gasteiger charge is 2.01. The molecule has 18 heavy (non-hydrogen) atoms. The summed E-state index contributed by atoms with van der Waals surface area (Å²) in [4.78, 5) is 15.5. The SMILES string of the molecule is O=C(CNCc1ccccc1)Nc1cccnc1. The highest BCUT2D eigenvalue weighted by molar-refractivity contribution is 5.91. The Hall–Kier alpha value is -2.20. The van der Waals surface area contributed by atoms with Gasteiger partial charge in [0.05, 0.1) is 18.4 Å². The summed E-state index contributed by atoms with van der Waals surface area (Å²) < 4.78 is 0. The average Bonchev–Trinajstić information content (AvgIpc) is 2.41. The van der Waals surface area contributed by atoms with Gasteiger partial charge in [0, 0.05) is 12.7 Å². The van der Waals surface area contributed by atoms with Crippen LogP contribution >= 0.6 is 0 Å². The molecule has 0 aliphatic carbocycles. The lowest BCUT2D eigenvalue weighted by atomic mass is 10.2. The first-order chi connectivity index (χ1) is 8.84. The maximum Gasteiger partial charge on any atom is 0.238 e. The first-order valence-corrected chi connectivity index (χ1v) is 5.79. The third kappa shape index (κ3) is 3.99. The smallest absolute Gasteiger partial charge is 0.238 e. The third-order valence-corrected chi connectivity index (χ3v) is 2.40.